The summed E-state index contributed by atoms with van der Waals surface area (Å²) < 4.78 is 36.4. The maximum absolute atomic E-state index is 12.6. The molecule has 0 atom stereocenters. The Morgan fingerprint density at radius 1 is 1.08 bits per heavy atom. The first-order valence-corrected chi connectivity index (χ1v) is 9.27. The third-order valence-electron chi connectivity index (χ3n) is 3.78. The Morgan fingerprint density at radius 2 is 1.73 bits per heavy atom. The van der Waals surface area contributed by atoms with Crippen molar-refractivity contribution in [2.24, 2.45) is 0 Å². The molecule has 0 aliphatic carbocycles. The molecule has 0 saturated carbocycles. The molecule has 0 aliphatic rings. The van der Waals surface area contributed by atoms with Gasteiger partial charge >= 0.3 is 0 Å². The second-order valence-electron chi connectivity index (χ2n) is 5.69. The van der Waals surface area contributed by atoms with Crippen molar-refractivity contribution in [3.63, 3.8) is 0 Å². The fourth-order valence-corrected chi connectivity index (χ4v) is 3.41. The van der Waals surface area contributed by atoms with E-state index >= 15 is 0 Å². The van der Waals surface area contributed by atoms with Gasteiger partial charge in [0.1, 0.15) is 11.5 Å². The fourth-order valence-electron chi connectivity index (χ4n) is 2.28. The van der Waals surface area contributed by atoms with Crippen LogP contribution in [-0.2, 0) is 14.8 Å². The van der Waals surface area contributed by atoms with Crippen LogP contribution in [0.1, 0.15) is 5.56 Å². The molecule has 0 unspecified atom stereocenters. The maximum Gasteiger partial charge on any atom is 0.243 e. The number of anilines is 1. The van der Waals surface area contributed by atoms with Gasteiger partial charge in [-0.1, -0.05) is 17.7 Å². The van der Waals surface area contributed by atoms with E-state index in [1.807, 2.05) is 6.92 Å². The number of ether oxygens (including phenoxy) is 2. The van der Waals surface area contributed by atoms with E-state index in [2.05, 4.69) is 5.32 Å². The quantitative estimate of drug-likeness (QED) is 0.799. The number of carbonyl (C=O) groups excluding carboxylic acids is 1. The second-order valence-corrected chi connectivity index (χ2v) is 7.73. The van der Waals surface area contributed by atoms with Gasteiger partial charge in [-0.25, -0.2) is 8.42 Å². The normalized spacial score (nSPS) is 11.3. The molecule has 26 heavy (non-hydrogen) atoms. The van der Waals surface area contributed by atoms with Crippen molar-refractivity contribution >= 4 is 21.6 Å². The highest BCUT2D eigenvalue weighted by Gasteiger charge is 2.23. The van der Waals surface area contributed by atoms with E-state index in [-0.39, 0.29) is 11.4 Å². The van der Waals surface area contributed by atoms with Crippen LogP contribution in [-0.4, -0.2) is 46.4 Å². The molecular weight excluding hydrogens is 356 g/mol. The lowest BCUT2D eigenvalue weighted by molar-refractivity contribution is -0.116. The molecule has 140 valence electrons. The van der Waals surface area contributed by atoms with E-state index in [1.165, 1.54) is 33.4 Å². The second kappa shape index (κ2) is 8.20. The number of benzene rings is 2. The molecule has 0 saturated heterocycles. The summed E-state index contributed by atoms with van der Waals surface area (Å²) in [6.45, 7) is 1.53. The highest BCUT2D eigenvalue weighted by Crippen LogP contribution is 2.28. The van der Waals surface area contributed by atoms with Crippen LogP contribution in [0.15, 0.2) is 47.4 Å². The monoisotopic (exact) mass is 378 g/mol. The zero-order chi connectivity index (χ0) is 19.3. The molecule has 0 bridgehead atoms. The molecule has 0 fully saturated rings. The zero-order valence-electron chi connectivity index (χ0n) is 15.1. The minimum atomic E-state index is -3.76. The molecule has 0 heterocycles. The number of nitrogens with one attached hydrogen (secondary N) is 1. The van der Waals surface area contributed by atoms with Gasteiger partial charge in [0, 0.05) is 13.1 Å². The van der Waals surface area contributed by atoms with Gasteiger partial charge in [0.25, 0.3) is 0 Å². The van der Waals surface area contributed by atoms with Gasteiger partial charge in [-0.3, -0.25) is 4.79 Å². The van der Waals surface area contributed by atoms with E-state index in [0.29, 0.717) is 17.2 Å². The van der Waals surface area contributed by atoms with E-state index in [0.717, 1.165) is 9.87 Å². The Hall–Kier alpha value is -2.58. The predicted molar refractivity (Wildman–Crippen MR) is 99.2 cm³/mol. The third-order valence-corrected chi connectivity index (χ3v) is 5.59. The largest absolute Gasteiger partial charge is 0.497 e. The lowest BCUT2D eigenvalue weighted by Crippen LogP contribution is -2.35. The van der Waals surface area contributed by atoms with Crippen molar-refractivity contribution in [1.29, 1.82) is 0 Å². The van der Waals surface area contributed by atoms with E-state index in [1.54, 1.807) is 30.3 Å². The summed E-state index contributed by atoms with van der Waals surface area (Å²) in [5.74, 6) is 0.500. The van der Waals surface area contributed by atoms with Gasteiger partial charge in [0.05, 0.1) is 31.3 Å². The van der Waals surface area contributed by atoms with Crippen LogP contribution in [0, 0.1) is 6.92 Å². The Kier molecular flexibility index (Phi) is 6.23. The lowest BCUT2D eigenvalue weighted by atomic mass is 10.2. The standard InChI is InChI=1S/C18H22N2O5S/c1-13-5-8-15(9-6-13)26(22,23)20(2)12-18(21)19-16-11-14(24-3)7-10-17(16)25-4/h5-11H,12H2,1-4H3,(H,19,21). The number of carbonyl (C=O) groups is 1. The fraction of sp³-hybridized carbons (Fsp3) is 0.278. The van der Waals surface area contributed by atoms with Crippen LogP contribution in [0.4, 0.5) is 5.69 Å². The van der Waals surface area contributed by atoms with Crippen molar-refractivity contribution in [2.45, 2.75) is 11.8 Å². The predicted octanol–water partition coefficient (Wildman–Crippen LogP) is 2.27. The molecule has 0 aliphatic heterocycles. The van der Waals surface area contributed by atoms with Crippen LogP contribution in [0.2, 0.25) is 0 Å². The lowest BCUT2D eigenvalue weighted by Gasteiger charge is -2.18. The smallest absolute Gasteiger partial charge is 0.243 e. The summed E-state index contributed by atoms with van der Waals surface area (Å²) in [4.78, 5) is 12.4. The summed E-state index contributed by atoms with van der Waals surface area (Å²) in [6.07, 6.45) is 0. The van der Waals surface area contributed by atoms with Gasteiger partial charge in [-0.05, 0) is 31.2 Å². The van der Waals surface area contributed by atoms with Gasteiger partial charge in [-0.2, -0.15) is 4.31 Å². The van der Waals surface area contributed by atoms with Crippen molar-refractivity contribution in [3.05, 3.63) is 48.0 Å². The summed E-state index contributed by atoms with van der Waals surface area (Å²) in [7, 11) is 0.591. The number of amides is 1. The van der Waals surface area contributed by atoms with Crippen molar-refractivity contribution in [3.8, 4) is 11.5 Å². The first kappa shape index (κ1) is 19.7. The average Bonchev–Trinajstić information content (AvgIpc) is 2.61. The van der Waals surface area contributed by atoms with Crippen LogP contribution in [0.5, 0.6) is 11.5 Å². The SMILES string of the molecule is COc1ccc(OC)c(NC(=O)CN(C)S(=O)(=O)c2ccc(C)cc2)c1. The Balaban J connectivity index is 2.13. The van der Waals surface area contributed by atoms with Crippen LogP contribution in [0.3, 0.4) is 0 Å². The molecule has 0 radical (unpaired) electrons. The van der Waals surface area contributed by atoms with Crippen molar-refractivity contribution in [1.82, 2.24) is 4.31 Å². The highest BCUT2D eigenvalue weighted by atomic mass is 32.2. The summed E-state index contributed by atoms with van der Waals surface area (Å²) >= 11 is 0. The minimum Gasteiger partial charge on any atom is -0.497 e. The number of likely N-dealkylation sites (N-methyl/N-ethyl adjacent to an activating group) is 1. The average molecular weight is 378 g/mol. The first-order chi connectivity index (χ1) is 12.3. The number of rotatable bonds is 7. The topological polar surface area (TPSA) is 84.9 Å². The Morgan fingerprint density at radius 3 is 2.31 bits per heavy atom. The summed E-state index contributed by atoms with van der Waals surface area (Å²) in [6, 6.07) is 11.4. The van der Waals surface area contributed by atoms with Crippen molar-refractivity contribution in [2.75, 3.05) is 33.1 Å². The highest BCUT2D eigenvalue weighted by molar-refractivity contribution is 7.89. The molecule has 7 nitrogen and oxygen atoms in total. The Labute approximate surface area is 153 Å². The van der Waals surface area contributed by atoms with Gasteiger partial charge < -0.3 is 14.8 Å². The Bertz CT molecular complexity index is 879. The van der Waals surface area contributed by atoms with Crippen LogP contribution in [0.25, 0.3) is 0 Å². The number of nitrogens with zero attached hydrogens (tertiary/aromatic N) is 1. The molecule has 1 N–H and O–H groups in total. The molecule has 0 spiro atoms. The van der Waals surface area contributed by atoms with Gasteiger partial charge in [0.15, 0.2) is 0 Å². The molecule has 2 aromatic carbocycles. The van der Waals surface area contributed by atoms with Crippen LogP contribution >= 0.6 is 0 Å². The molecule has 8 heteroatoms. The summed E-state index contributed by atoms with van der Waals surface area (Å²) in [5.41, 5.74) is 1.35. The first-order valence-electron chi connectivity index (χ1n) is 7.83. The molecule has 0 aromatic heterocycles. The molecule has 2 aromatic rings. The van der Waals surface area contributed by atoms with Crippen LogP contribution < -0.4 is 14.8 Å². The van der Waals surface area contributed by atoms with Crippen molar-refractivity contribution < 1.29 is 22.7 Å². The zero-order valence-corrected chi connectivity index (χ0v) is 16.0. The number of hydrogen-bond acceptors (Lipinski definition) is 5. The van der Waals surface area contributed by atoms with E-state index in [9.17, 15) is 13.2 Å². The number of hydrogen-bond donors (Lipinski definition) is 1. The van der Waals surface area contributed by atoms with Gasteiger partial charge in [-0.15, -0.1) is 0 Å². The van der Waals surface area contributed by atoms with Gasteiger partial charge in [0.2, 0.25) is 15.9 Å². The van der Waals surface area contributed by atoms with E-state index in [4.69, 9.17) is 9.47 Å². The molecule has 2 rings (SSSR count). The summed E-state index contributed by atoms with van der Waals surface area (Å²) in [5, 5.41) is 2.65. The minimum absolute atomic E-state index is 0.136. The number of methoxy groups -OCH3 is 2. The molecular formula is C18H22N2O5S. The van der Waals surface area contributed by atoms with E-state index < -0.39 is 15.9 Å². The number of sulfonamides is 1. The third kappa shape index (κ3) is 4.53. The molecule has 1 amide bonds. The maximum atomic E-state index is 12.6. The number of aryl methyl sites for hydroxylation is 1.